The van der Waals surface area contributed by atoms with Gasteiger partial charge in [-0.2, -0.15) is 0 Å². The number of hydrogen-bond acceptors (Lipinski definition) is 5. The second kappa shape index (κ2) is 10.0. The summed E-state index contributed by atoms with van der Waals surface area (Å²) in [6.07, 6.45) is 0. The Morgan fingerprint density at radius 2 is 1.15 bits per heavy atom. The van der Waals surface area contributed by atoms with Crippen molar-refractivity contribution in [2.24, 2.45) is 0 Å². The Kier molecular flexibility index (Phi) is 5.78. The number of hydrogen-bond donors (Lipinski definition) is 0. The van der Waals surface area contributed by atoms with Crippen molar-refractivity contribution in [2.75, 3.05) is 0 Å². The minimum Gasteiger partial charge on any atom is -0.456 e. The first-order valence-corrected chi connectivity index (χ1v) is 15.5. The van der Waals surface area contributed by atoms with Gasteiger partial charge in [0.05, 0.1) is 5.69 Å². The van der Waals surface area contributed by atoms with E-state index in [1.807, 2.05) is 60.7 Å². The minimum atomic E-state index is -0.231. The van der Waals surface area contributed by atoms with E-state index in [0.29, 0.717) is 17.5 Å². The smallest absolute Gasteiger partial charge is 0.182 e. The topological polar surface area (TPSA) is 64.7 Å². The van der Waals surface area contributed by atoms with Gasteiger partial charge in [-0.05, 0) is 46.5 Å². The molecular weight excluding hydrogens is 564 g/mol. The standard InChI is InChI=1S/C41H28N4O/c1-41(2)32-18-10-9-16-29(32)30-22-23-33(42-37(30)41)40-44-38(26-14-7-4-8-15-26)43-39(45-40)27-20-21-31-35(24-27)46-34-19-11-17-28(36(31)34)25-12-5-3-6-13-25/h3-24H,1-2H3. The summed E-state index contributed by atoms with van der Waals surface area (Å²) in [5, 5.41) is 2.15. The van der Waals surface area contributed by atoms with Gasteiger partial charge < -0.3 is 4.42 Å². The van der Waals surface area contributed by atoms with Crippen LogP contribution in [0.1, 0.15) is 25.1 Å². The average Bonchev–Trinajstić information content (AvgIpc) is 3.60. The van der Waals surface area contributed by atoms with Crippen LogP contribution in [0.4, 0.5) is 0 Å². The van der Waals surface area contributed by atoms with E-state index in [2.05, 4.69) is 86.6 Å². The van der Waals surface area contributed by atoms with Crippen LogP contribution in [-0.4, -0.2) is 19.9 Å². The Morgan fingerprint density at radius 1 is 0.478 bits per heavy atom. The summed E-state index contributed by atoms with van der Waals surface area (Å²) in [7, 11) is 0. The van der Waals surface area contributed by atoms with Gasteiger partial charge in [0.15, 0.2) is 17.5 Å². The summed E-state index contributed by atoms with van der Waals surface area (Å²) in [6, 6.07) is 45.6. The lowest BCUT2D eigenvalue weighted by Gasteiger charge is -2.20. The molecule has 9 rings (SSSR count). The second-order valence-electron chi connectivity index (χ2n) is 12.3. The summed E-state index contributed by atoms with van der Waals surface area (Å²) in [4.78, 5) is 20.2. The Balaban J connectivity index is 1.21. The van der Waals surface area contributed by atoms with Crippen molar-refractivity contribution < 1.29 is 4.42 Å². The van der Waals surface area contributed by atoms with E-state index in [1.54, 1.807) is 0 Å². The molecule has 0 amide bonds. The molecule has 218 valence electrons. The van der Waals surface area contributed by atoms with E-state index in [-0.39, 0.29) is 5.41 Å². The number of nitrogens with zero attached hydrogens (tertiary/aromatic N) is 4. The molecule has 0 saturated carbocycles. The fourth-order valence-electron chi connectivity index (χ4n) is 6.83. The van der Waals surface area contributed by atoms with Crippen molar-refractivity contribution in [3.05, 3.63) is 145 Å². The van der Waals surface area contributed by atoms with Crippen molar-refractivity contribution in [3.8, 4) is 56.5 Å². The van der Waals surface area contributed by atoms with E-state index in [0.717, 1.165) is 61.1 Å². The van der Waals surface area contributed by atoms with Crippen molar-refractivity contribution >= 4 is 21.9 Å². The number of furan rings is 1. The summed E-state index contributed by atoms with van der Waals surface area (Å²) >= 11 is 0. The van der Waals surface area contributed by atoms with Crippen LogP contribution in [0.25, 0.3) is 78.5 Å². The first-order chi connectivity index (χ1) is 22.5. The monoisotopic (exact) mass is 592 g/mol. The largest absolute Gasteiger partial charge is 0.456 e. The van der Waals surface area contributed by atoms with Gasteiger partial charge in [0, 0.05) is 32.9 Å². The maximum absolute atomic E-state index is 6.43. The normalized spacial score (nSPS) is 13.2. The zero-order valence-electron chi connectivity index (χ0n) is 25.4. The van der Waals surface area contributed by atoms with E-state index >= 15 is 0 Å². The molecular formula is C41H28N4O. The first kappa shape index (κ1) is 26.5. The van der Waals surface area contributed by atoms with Gasteiger partial charge >= 0.3 is 0 Å². The molecule has 0 aliphatic heterocycles. The molecule has 0 N–H and O–H groups in total. The molecule has 1 aliphatic carbocycles. The fraction of sp³-hybridized carbons (Fsp3) is 0.0732. The highest BCUT2D eigenvalue weighted by molar-refractivity contribution is 6.13. The summed E-state index contributed by atoms with van der Waals surface area (Å²) in [5.74, 6) is 1.70. The Morgan fingerprint density at radius 3 is 1.96 bits per heavy atom. The van der Waals surface area contributed by atoms with Gasteiger partial charge in [-0.3, -0.25) is 0 Å². The summed E-state index contributed by atoms with van der Waals surface area (Å²) in [5.41, 5.74) is 10.9. The Bertz CT molecular complexity index is 2450. The quantitative estimate of drug-likeness (QED) is 0.203. The Labute approximate surface area is 266 Å². The SMILES string of the molecule is CC1(C)c2ccccc2-c2ccc(-c3nc(-c4ccccc4)nc(-c4ccc5c(c4)oc4cccc(-c6ccccc6)c45)n3)nc21. The van der Waals surface area contributed by atoms with Crippen LogP contribution in [0, 0.1) is 0 Å². The summed E-state index contributed by atoms with van der Waals surface area (Å²) in [6.45, 7) is 4.46. The molecule has 0 saturated heterocycles. The predicted octanol–water partition coefficient (Wildman–Crippen LogP) is 10.1. The third-order valence-corrected chi connectivity index (χ3v) is 9.11. The van der Waals surface area contributed by atoms with E-state index in [9.17, 15) is 0 Å². The molecule has 8 aromatic rings. The third-order valence-electron chi connectivity index (χ3n) is 9.11. The number of aromatic nitrogens is 4. The number of rotatable bonds is 4. The highest BCUT2D eigenvalue weighted by Gasteiger charge is 2.37. The van der Waals surface area contributed by atoms with Gasteiger partial charge in [0.25, 0.3) is 0 Å². The number of fused-ring (bicyclic) bond motifs is 6. The predicted molar refractivity (Wildman–Crippen MR) is 184 cm³/mol. The molecule has 3 aromatic heterocycles. The molecule has 0 atom stereocenters. The Hall–Kier alpha value is -5.94. The average molecular weight is 593 g/mol. The number of pyridine rings is 1. The molecule has 0 bridgehead atoms. The molecule has 5 aromatic carbocycles. The van der Waals surface area contributed by atoms with Gasteiger partial charge in [0.2, 0.25) is 0 Å². The molecule has 5 heteroatoms. The summed E-state index contributed by atoms with van der Waals surface area (Å²) < 4.78 is 6.43. The second-order valence-corrected chi connectivity index (χ2v) is 12.3. The van der Waals surface area contributed by atoms with Crippen LogP contribution in [0.15, 0.2) is 138 Å². The lowest BCUT2D eigenvalue weighted by molar-refractivity contribution is 0.637. The zero-order valence-corrected chi connectivity index (χ0v) is 25.4. The van der Waals surface area contributed by atoms with Gasteiger partial charge in [-0.1, -0.05) is 123 Å². The van der Waals surface area contributed by atoms with Crippen molar-refractivity contribution in [3.63, 3.8) is 0 Å². The van der Waals surface area contributed by atoms with Crippen LogP contribution in [0.2, 0.25) is 0 Å². The fourth-order valence-corrected chi connectivity index (χ4v) is 6.83. The van der Waals surface area contributed by atoms with Gasteiger partial charge in [-0.15, -0.1) is 0 Å². The maximum atomic E-state index is 6.43. The van der Waals surface area contributed by atoms with Crippen LogP contribution in [-0.2, 0) is 5.41 Å². The van der Waals surface area contributed by atoms with Crippen molar-refractivity contribution in [1.82, 2.24) is 19.9 Å². The van der Waals surface area contributed by atoms with E-state index in [4.69, 9.17) is 24.4 Å². The molecule has 1 aliphatic rings. The van der Waals surface area contributed by atoms with Crippen LogP contribution in [0.5, 0.6) is 0 Å². The molecule has 0 radical (unpaired) electrons. The lowest BCUT2D eigenvalue weighted by atomic mass is 9.85. The van der Waals surface area contributed by atoms with Crippen LogP contribution < -0.4 is 0 Å². The molecule has 5 nitrogen and oxygen atoms in total. The highest BCUT2D eigenvalue weighted by atomic mass is 16.3. The molecule has 3 heterocycles. The highest BCUT2D eigenvalue weighted by Crippen LogP contribution is 2.48. The van der Waals surface area contributed by atoms with Crippen LogP contribution >= 0.6 is 0 Å². The van der Waals surface area contributed by atoms with E-state index in [1.165, 1.54) is 11.1 Å². The van der Waals surface area contributed by atoms with Crippen molar-refractivity contribution in [2.45, 2.75) is 19.3 Å². The van der Waals surface area contributed by atoms with Gasteiger partial charge in [-0.25, -0.2) is 19.9 Å². The van der Waals surface area contributed by atoms with Crippen molar-refractivity contribution in [1.29, 1.82) is 0 Å². The first-order valence-electron chi connectivity index (χ1n) is 15.5. The maximum Gasteiger partial charge on any atom is 0.182 e. The number of benzene rings is 5. The molecule has 0 unspecified atom stereocenters. The zero-order chi connectivity index (χ0) is 30.8. The van der Waals surface area contributed by atoms with Gasteiger partial charge in [0.1, 0.15) is 16.9 Å². The molecule has 0 spiro atoms. The molecule has 0 fully saturated rings. The third kappa shape index (κ3) is 4.09. The van der Waals surface area contributed by atoms with E-state index < -0.39 is 0 Å². The molecule has 46 heavy (non-hydrogen) atoms. The van der Waals surface area contributed by atoms with Crippen LogP contribution in [0.3, 0.4) is 0 Å². The lowest BCUT2D eigenvalue weighted by Crippen LogP contribution is -2.17. The minimum absolute atomic E-state index is 0.231.